The molecule has 0 radical (unpaired) electrons. The van der Waals surface area contributed by atoms with Crippen molar-refractivity contribution in [2.75, 3.05) is 19.6 Å². The molecule has 0 bridgehead atoms. The Morgan fingerprint density at radius 3 is 2.33 bits per heavy atom. The van der Waals surface area contributed by atoms with Gasteiger partial charge in [0.15, 0.2) is 0 Å². The first kappa shape index (κ1) is 16.7. The fourth-order valence-corrected chi connectivity index (χ4v) is 2.82. The zero-order valence-corrected chi connectivity index (χ0v) is 14.1. The second-order valence-corrected chi connectivity index (χ2v) is 6.21. The van der Waals surface area contributed by atoms with Crippen molar-refractivity contribution in [1.29, 1.82) is 0 Å². The number of rotatable bonds is 5. The van der Waals surface area contributed by atoms with Crippen LogP contribution in [0.1, 0.15) is 28.8 Å². The molecule has 2 aromatic carbocycles. The van der Waals surface area contributed by atoms with Crippen LogP contribution in [0.3, 0.4) is 0 Å². The summed E-state index contributed by atoms with van der Waals surface area (Å²) in [5.74, 6) is -0.455. The zero-order valence-electron chi connectivity index (χ0n) is 13.3. The molecular formula is C19H19ClN2O2. The number of carbonyl (C=O) groups is 1. The van der Waals surface area contributed by atoms with Crippen LogP contribution in [0.4, 0.5) is 0 Å². The third-order valence-corrected chi connectivity index (χ3v) is 4.25. The van der Waals surface area contributed by atoms with E-state index in [4.69, 9.17) is 16.4 Å². The molecule has 1 fully saturated rings. The van der Waals surface area contributed by atoms with Gasteiger partial charge in [0, 0.05) is 17.1 Å². The second-order valence-electron chi connectivity index (χ2n) is 5.77. The Kier molecular flexibility index (Phi) is 5.62. The minimum Gasteiger partial charge on any atom is -0.312 e. The smallest absolute Gasteiger partial charge is 0.312 e. The number of oxime groups is 1. The summed E-state index contributed by atoms with van der Waals surface area (Å²) in [5, 5.41) is 4.81. The Hall–Kier alpha value is -2.17. The highest BCUT2D eigenvalue weighted by molar-refractivity contribution is 6.30. The molecular weight excluding hydrogens is 324 g/mol. The van der Waals surface area contributed by atoms with Crippen LogP contribution in [0.25, 0.3) is 0 Å². The van der Waals surface area contributed by atoms with E-state index in [1.54, 1.807) is 24.3 Å². The molecule has 24 heavy (non-hydrogen) atoms. The summed E-state index contributed by atoms with van der Waals surface area (Å²) in [4.78, 5) is 19.6. The molecule has 0 unspecified atom stereocenters. The lowest BCUT2D eigenvalue weighted by molar-refractivity contribution is 0.0515. The fourth-order valence-electron chi connectivity index (χ4n) is 2.69. The lowest BCUT2D eigenvalue weighted by Gasteiger charge is -2.16. The number of benzene rings is 2. The first-order valence-corrected chi connectivity index (χ1v) is 8.42. The molecule has 3 rings (SSSR count). The number of nitrogens with zero attached hydrogens (tertiary/aromatic N) is 2. The Bertz CT molecular complexity index is 708. The van der Waals surface area contributed by atoms with Gasteiger partial charge in [-0.1, -0.05) is 47.1 Å². The number of hydrogen-bond acceptors (Lipinski definition) is 4. The third kappa shape index (κ3) is 4.43. The molecule has 0 spiro atoms. The van der Waals surface area contributed by atoms with E-state index in [1.165, 1.54) is 12.8 Å². The largest absolute Gasteiger partial charge is 0.365 e. The van der Waals surface area contributed by atoms with Crippen molar-refractivity contribution in [2.24, 2.45) is 5.16 Å². The Morgan fingerprint density at radius 2 is 1.67 bits per heavy atom. The Balaban J connectivity index is 1.77. The normalized spacial score (nSPS) is 15.5. The van der Waals surface area contributed by atoms with Crippen molar-refractivity contribution >= 4 is 23.3 Å². The van der Waals surface area contributed by atoms with Gasteiger partial charge in [-0.25, -0.2) is 4.79 Å². The molecule has 0 aromatic heterocycles. The summed E-state index contributed by atoms with van der Waals surface area (Å²) in [6.07, 6.45) is 2.38. The van der Waals surface area contributed by atoms with Crippen molar-refractivity contribution in [3.05, 3.63) is 70.7 Å². The molecule has 1 heterocycles. The molecule has 124 valence electrons. The average molecular weight is 343 g/mol. The average Bonchev–Trinajstić information content (AvgIpc) is 3.13. The second kappa shape index (κ2) is 8.08. The van der Waals surface area contributed by atoms with E-state index in [0.717, 1.165) is 24.4 Å². The molecule has 0 N–H and O–H groups in total. The van der Waals surface area contributed by atoms with Crippen LogP contribution in [0.5, 0.6) is 0 Å². The van der Waals surface area contributed by atoms with Gasteiger partial charge in [-0.2, -0.15) is 0 Å². The molecule has 0 saturated carbocycles. The van der Waals surface area contributed by atoms with Gasteiger partial charge in [0.25, 0.3) is 0 Å². The van der Waals surface area contributed by atoms with Gasteiger partial charge in [0.1, 0.15) is 5.71 Å². The first-order valence-electron chi connectivity index (χ1n) is 8.04. The number of hydrogen-bond donors (Lipinski definition) is 0. The van der Waals surface area contributed by atoms with Gasteiger partial charge in [-0.3, -0.25) is 4.90 Å². The van der Waals surface area contributed by atoms with Crippen molar-refractivity contribution in [3.8, 4) is 0 Å². The number of halogens is 1. The predicted octanol–water partition coefficient (Wildman–Crippen LogP) is 4.00. The molecule has 4 nitrogen and oxygen atoms in total. The molecule has 1 aliphatic heterocycles. The van der Waals surface area contributed by atoms with Crippen LogP contribution in [0, 0.1) is 0 Å². The minimum absolute atomic E-state index is 0.455. The van der Waals surface area contributed by atoms with E-state index in [0.29, 0.717) is 17.1 Å². The van der Waals surface area contributed by atoms with Crippen LogP contribution in [0.2, 0.25) is 5.02 Å². The third-order valence-electron chi connectivity index (χ3n) is 4.00. The van der Waals surface area contributed by atoms with Gasteiger partial charge >= 0.3 is 5.97 Å². The van der Waals surface area contributed by atoms with E-state index in [1.807, 2.05) is 30.3 Å². The highest BCUT2D eigenvalue weighted by atomic mass is 35.5. The maximum absolute atomic E-state index is 12.1. The van der Waals surface area contributed by atoms with Crippen molar-refractivity contribution in [3.63, 3.8) is 0 Å². The minimum atomic E-state index is -0.455. The first-order chi connectivity index (χ1) is 11.7. The quantitative estimate of drug-likeness (QED) is 0.468. The summed E-state index contributed by atoms with van der Waals surface area (Å²) >= 11 is 5.96. The maximum Gasteiger partial charge on any atom is 0.365 e. The molecule has 1 aliphatic rings. The summed E-state index contributed by atoms with van der Waals surface area (Å²) in [5.41, 5.74) is 2.13. The van der Waals surface area contributed by atoms with Crippen LogP contribution in [0.15, 0.2) is 59.8 Å². The van der Waals surface area contributed by atoms with E-state index in [9.17, 15) is 4.79 Å². The lowest BCUT2D eigenvalue weighted by Crippen LogP contribution is -2.27. The molecule has 0 aliphatic carbocycles. The van der Waals surface area contributed by atoms with Crippen LogP contribution >= 0.6 is 11.6 Å². The van der Waals surface area contributed by atoms with E-state index in [-0.39, 0.29) is 0 Å². The Morgan fingerprint density at radius 1 is 1.00 bits per heavy atom. The summed E-state index contributed by atoms with van der Waals surface area (Å²) in [7, 11) is 0. The van der Waals surface area contributed by atoms with Crippen LogP contribution < -0.4 is 0 Å². The van der Waals surface area contributed by atoms with Gasteiger partial charge < -0.3 is 4.84 Å². The standard InChI is InChI=1S/C19H19ClN2O2/c20-17-10-8-15(9-11-17)18(14-22-12-4-5-13-22)21-24-19(23)16-6-2-1-3-7-16/h1-3,6-11H,4-5,12-14H2. The van der Waals surface area contributed by atoms with Gasteiger partial charge in [-0.05, 0) is 50.2 Å². The topological polar surface area (TPSA) is 41.9 Å². The summed E-state index contributed by atoms with van der Waals surface area (Å²) < 4.78 is 0. The molecule has 5 heteroatoms. The lowest BCUT2D eigenvalue weighted by atomic mass is 10.1. The molecule has 2 aromatic rings. The van der Waals surface area contributed by atoms with Crippen LogP contribution in [-0.4, -0.2) is 36.2 Å². The number of carbonyl (C=O) groups excluding carboxylic acids is 1. The van der Waals surface area contributed by atoms with E-state index in [2.05, 4.69) is 10.1 Å². The van der Waals surface area contributed by atoms with Crippen molar-refractivity contribution in [2.45, 2.75) is 12.8 Å². The zero-order chi connectivity index (χ0) is 16.8. The van der Waals surface area contributed by atoms with Gasteiger partial charge in [0.2, 0.25) is 0 Å². The number of likely N-dealkylation sites (tertiary alicyclic amines) is 1. The molecule has 0 amide bonds. The van der Waals surface area contributed by atoms with E-state index < -0.39 is 5.97 Å². The van der Waals surface area contributed by atoms with Crippen molar-refractivity contribution in [1.82, 2.24) is 4.90 Å². The highest BCUT2D eigenvalue weighted by Crippen LogP contribution is 2.14. The predicted molar refractivity (Wildman–Crippen MR) is 95.5 cm³/mol. The Labute approximate surface area is 146 Å². The van der Waals surface area contributed by atoms with Gasteiger partial charge in [-0.15, -0.1) is 0 Å². The van der Waals surface area contributed by atoms with Crippen LogP contribution in [-0.2, 0) is 4.84 Å². The maximum atomic E-state index is 12.1. The highest BCUT2D eigenvalue weighted by Gasteiger charge is 2.16. The SMILES string of the molecule is O=C(ON=C(CN1CCCC1)c1ccc(Cl)cc1)c1ccccc1. The van der Waals surface area contributed by atoms with Crippen molar-refractivity contribution < 1.29 is 9.63 Å². The molecule has 0 atom stereocenters. The summed E-state index contributed by atoms with van der Waals surface area (Å²) in [6.45, 7) is 2.74. The monoisotopic (exact) mass is 342 g/mol. The summed E-state index contributed by atoms with van der Waals surface area (Å²) in [6, 6.07) is 16.3. The van der Waals surface area contributed by atoms with E-state index >= 15 is 0 Å². The molecule has 1 saturated heterocycles. The van der Waals surface area contributed by atoms with Gasteiger partial charge in [0.05, 0.1) is 5.56 Å². The fraction of sp³-hybridized carbons (Fsp3) is 0.263.